The number of carboxylic acids is 2. The number of carbonyl (C=O) groups is 2. The second-order valence-electron chi connectivity index (χ2n) is 8.90. The van der Waals surface area contributed by atoms with Crippen LogP contribution in [0.1, 0.15) is 81.8 Å². The van der Waals surface area contributed by atoms with Crippen LogP contribution in [0.2, 0.25) is 0 Å². The number of aromatic hydroxyl groups is 1. The lowest BCUT2D eigenvalue weighted by Crippen LogP contribution is -2.14. The lowest BCUT2D eigenvalue weighted by molar-refractivity contribution is -0.144. The van der Waals surface area contributed by atoms with Crippen molar-refractivity contribution in [3.8, 4) is 5.75 Å². The molecule has 0 bridgehead atoms. The van der Waals surface area contributed by atoms with E-state index in [1.807, 2.05) is 12.1 Å². The Morgan fingerprint density at radius 1 is 0.786 bits per heavy atom. The van der Waals surface area contributed by atoms with E-state index in [4.69, 9.17) is 0 Å². The summed E-state index contributed by atoms with van der Waals surface area (Å²) in [4.78, 5) is 22.3. The third kappa shape index (κ3) is 5.06. The molecule has 2 aliphatic carbocycles. The van der Waals surface area contributed by atoms with Gasteiger partial charge in [-0.15, -0.1) is 0 Å². The Morgan fingerprint density at radius 2 is 1.32 bits per heavy atom. The van der Waals surface area contributed by atoms with Gasteiger partial charge in [0.05, 0.1) is 10.8 Å². The number of aliphatic carboxylic acids is 2. The molecule has 0 atom stereocenters. The van der Waals surface area contributed by atoms with Crippen molar-refractivity contribution in [2.24, 2.45) is 10.8 Å². The van der Waals surface area contributed by atoms with Crippen LogP contribution < -0.4 is 0 Å². The average Bonchev–Trinajstić information content (AvgIpc) is 3.55. The molecule has 5 heteroatoms. The van der Waals surface area contributed by atoms with Gasteiger partial charge in [0.25, 0.3) is 0 Å². The summed E-state index contributed by atoms with van der Waals surface area (Å²) >= 11 is 0. The Labute approximate surface area is 166 Å². The zero-order chi connectivity index (χ0) is 20.2. The highest BCUT2D eigenvalue weighted by Gasteiger charge is 2.49. The molecule has 0 unspecified atom stereocenters. The molecule has 154 valence electrons. The number of carboxylic acid groups (broad SMARTS) is 2. The monoisotopic (exact) mass is 388 g/mol. The van der Waals surface area contributed by atoms with Gasteiger partial charge in [0.1, 0.15) is 5.75 Å². The van der Waals surface area contributed by atoms with Gasteiger partial charge in [-0.25, -0.2) is 0 Å². The van der Waals surface area contributed by atoms with E-state index in [0.717, 1.165) is 94.6 Å². The highest BCUT2D eigenvalue weighted by molar-refractivity contribution is 5.78. The quantitative estimate of drug-likeness (QED) is 0.416. The minimum atomic E-state index is -0.648. The van der Waals surface area contributed by atoms with Gasteiger partial charge < -0.3 is 15.3 Å². The third-order valence-corrected chi connectivity index (χ3v) is 6.74. The Morgan fingerprint density at radius 3 is 1.82 bits per heavy atom. The van der Waals surface area contributed by atoms with Crippen LogP contribution in [-0.2, 0) is 22.4 Å². The van der Waals surface area contributed by atoms with Crippen molar-refractivity contribution in [2.45, 2.75) is 83.5 Å². The van der Waals surface area contributed by atoms with Crippen molar-refractivity contribution in [3.63, 3.8) is 0 Å². The van der Waals surface area contributed by atoms with Crippen molar-refractivity contribution in [1.82, 2.24) is 0 Å². The third-order valence-electron chi connectivity index (χ3n) is 6.74. The van der Waals surface area contributed by atoms with E-state index >= 15 is 0 Å². The van der Waals surface area contributed by atoms with Crippen molar-refractivity contribution in [1.29, 1.82) is 0 Å². The van der Waals surface area contributed by atoms with Crippen molar-refractivity contribution >= 4 is 11.9 Å². The molecule has 1 aromatic rings. The summed E-state index contributed by atoms with van der Waals surface area (Å²) in [7, 11) is 0. The van der Waals surface area contributed by atoms with Crippen LogP contribution in [0, 0.1) is 10.8 Å². The molecule has 2 aliphatic rings. The van der Waals surface area contributed by atoms with Gasteiger partial charge in [-0.1, -0.05) is 31.4 Å². The van der Waals surface area contributed by atoms with Crippen LogP contribution in [-0.4, -0.2) is 27.3 Å². The maximum atomic E-state index is 11.2. The molecule has 2 fully saturated rings. The number of hydrogen-bond acceptors (Lipinski definition) is 3. The molecule has 5 nitrogen and oxygen atoms in total. The molecule has 3 N–H and O–H groups in total. The highest BCUT2D eigenvalue weighted by Crippen LogP contribution is 2.50. The first-order valence-corrected chi connectivity index (χ1v) is 10.6. The van der Waals surface area contributed by atoms with Crippen LogP contribution in [0.25, 0.3) is 0 Å². The zero-order valence-electron chi connectivity index (χ0n) is 16.6. The number of hydrogen-bond donors (Lipinski definition) is 3. The first-order chi connectivity index (χ1) is 13.4. The van der Waals surface area contributed by atoms with E-state index in [1.54, 1.807) is 0 Å². The minimum absolute atomic E-state index is 0.339. The molecular weight excluding hydrogens is 356 g/mol. The van der Waals surface area contributed by atoms with E-state index in [-0.39, 0.29) is 0 Å². The molecule has 0 radical (unpaired) electrons. The van der Waals surface area contributed by atoms with Gasteiger partial charge in [0.2, 0.25) is 0 Å². The van der Waals surface area contributed by atoms with E-state index in [9.17, 15) is 24.9 Å². The maximum absolute atomic E-state index is 11.2. The van der Waals surface area contributed by atoms with Gasteiger partial charge >= 0.3 is 11.9 Å². The summed E-state index contributed by atoms with van der Waals surface area (Å²) in [6, 6.07) is 5.88. The first kappa shape index (κ1) is 20.7. The fourth-order valence-electron chi connectivity index (χ4n) is 4.17. The van der Waals surface area contributed by atoms with Gasteiger partial charge in [-0.05, 0) is 81.4 Å². The molecule has 0 amide bonds. The number of unbranched alkanes of at least 4 members (excludes halogenated alkanes) is 3. The summed E-state index contributed by atoms with van der Waals surface area (Å²) < 4.78 is 0. The smallest absolute Gasteiger partial charge is 0.309 e. The lowest BCUT2D eigenvalue weighted by atomic mass is 9.95. The SMILES string of the molecule is O=C(O)C1(CCCCCc2ccc(CCCCC3(C(=O)O)CC3)cc2O)CC1. The Hall–Kier alpha value is -2.04. The Balaban J connectivity index is 1.33. The van der Waals surface area contributed by atoms with Crippen LogP contribution in [0.3, 0.4) is 0 Å². The van der Waals surface area contributed by atoms with Crippen molar-refractivity contribution < 1.29 is 24.9 Å². The van der Waals surface area contributed by atoms with E-state index in [2.05, 4.69) is 6.07 Å². The fraction of sp³-hybridized carbons (Fsp3) is 0.652. The maximum Gasteiger partial charge on any atom is 0.309 e. The number of phenolic OH excluding ortho intramolecular Hbond substituents is 1. The first-order valence-electron chi connectivity index (χ1n) is 10.6. The number of aryl methyl sites for hydroxylation is 2. The van der Waals surface area contributed by atoms with E-state index in [1.165, 1.54) is 0 Å². The van der Waals surface area contributed by atoms with Crippen LogP contribution in [0.4, 0.5) is 0 Å². The molecule has 3 rings (SSSR count). The summed E-state index contributed by atoms with van der Waals surface area (Å²) in [5.41, 5.74) is 1.19. The predicted molar refractivity (Wildman–Crippen MR) is 106 cm³/mol. The van der Waals surface area contributed by atoms with Crippen LogP contribution >= 0.6 is 0 Å². The lowest BCUT2D eigenvalue weighted by Gasteiger charge is -2.11. The van der Waals surface area contributed by atoms with Gasteiger partial charge in [-0.3, -0.25) is 9.59 Å². The Kier molecular flexibility index (Phi) is 6.31. The van der Waals surface area contributed by atoms with Crippen molar-refractivity contribution in [2.75, 3.05) is 0 Å². The second kappa shape index (κ2) is 8.54. The predicted octanol–water partition coefficient (Wildman–Crippen LogP) is 4.94. The summed E-state index contributed by atoms with van der Waals surface area (Å²) in [6.07, 6.45) is 11.2. The average molecular weight is 389 g/mol. The van der Waals surface area contributed by atoms with E-state index < -0.39 is 22.8 Å². The number of rotatable bonds is 13. The van der Waals surface area contributed by atoms with Crippen molar-refractivity contribution in [3.05, 3.63) is 29.3 Å². The fourth-order valence-corrected chi connectivity index (χ4v) is 4.17. The highest BCUT2D eigenvalue weighted by atomic mass is 16.4. The molecule has 0 aliphatic heterocycles. The molecule has 28 heavy (non-hydrogen) atoms. The molecule has 0 aromatic heterocycles. The van der Waals surface area contributed by atoms with Gasteiger partial charge in [0.15, 0.2) is 0 Å². The standard InChI is InChI=1S/C23H32O5/c24-19-16-17(6-3-5-11-23(14-15-23)21(27)28)8-9-18(19)7-2-1-4-10-22(12-13-22)20(25)26/h8-9,16,24H,1-7,10-15H2,(H,25,26)(H,27,28). The molecule has 0 saturated heterocycles. The second-order valence-corrected chi connectivity index (χ2v) is 8.90. The van der Waals surface area contributed by atoms with Crippen LogP contribution in [0.5, 0.6) is 5.75 Å². The van der Waals surface area contributed by atoms with Gasteiger partial charge in [0, 0.05) is 0 Å². The minimum Gasteiger partial charge on any atom is -0.508 e. The zero-order valence-corrected chi connectivity index (χ0v) is 16.6. The normalized spacial score (nSPS) is 18.6. The largest absolute Gasteiger partial charge is 0.508 e. The number of phenols is 1. The van der Waals surface area contributed by atoms with Gasteiger partial charge in [-0.2, -0.15) is 0 Å². The molecule has 1 aromatic carbocycles. The summed E-state index contributed by atoms with van der Waals surface area (Å²) in [5, 5.41) is 28.7. The summed E-state index contributed by atoms with van der Waals surface area (Å²) in [6.45, 7) is 0. The Bertz CT molecular complexity index is 716. The number of benzene rings is 1. The molecule has 2 saturated carbocycles. The summed E-state index contributed by atoms with van der Waals surface area (Å²) in [5.74, 6) is -0.952. The molecule has 0 spiro atoms. The van der Waals surface area contributed by atoms with E-state index in [0.29, 0.717) is 5.75 Å². The van der Waals surface area contributed by atoms with Crippen LogP contribution in [0.15, 0.2) is 18.2 Å². The molecular formula is C23H32O5. The molecule has 0 heterocycles. The topological polar surface area (TPSA) is 94.8 Å².